The minimum atomic E-state index is -0.160. The van der Waals surface area contributed by atoms with Crippen LogP contribution in [0.3, 0.4) is 0 Å². The highest BCUT2D eigenvalue weighted by Gasteiger charge is 2.25. The van der Waals surface area contributed by atoms with Gasteiger partial charge in [0.05, 0.1) is 6.10 Å². The lowest BCUT2D eigenvalue weighted by atomic mass is 10.1. The van der Waals surface area contributed by atoms with E-state index in [-0.39, 0.29) is 6.10 Å². The van der Waals surface area contributed by atoms with E-state index in [1.807, 2.05) is 11.2 Å². The topological polar surface area (TPSA) is 23.5 Å². The average Bonchev–Trinajstić information content (AvgIpc) is 1.85. The van der Waals surface area contributed by atoms with Crippen molar-refractivity contribution >= 4 is 12.8 Å². The van der Waals surface area contributed by atoms with Gasteiger partial charge in [0, 0.05) is 13.1 Å². The van der Waals surface area contributed by atoms with Gasteiger partial charge in [0.1, 0.15) is 0 Å². The highest BCUT2D eigenvalue weighted by molar-refractivity contribution is 7.77. The number of hydrogen-bond acceptors (Lipinski definition) is 3. The van der Waals surface area contributed by atoms with Gasteiger partial charge in [-0.05, 0) is 5.92 Å². The molecule has 0 aliphatic carbocycles. The number of β-amino-alcohol motifs (C(OH)–C–C–N with tert-alkyl or cyclic N) is 1. The molecular weight excluding hydrogens is 122 g/mol. The van der Waals surface area contributed by atoms with E-state index in [1.54, 1.807) is 0 Å². The number of aliphatic hydroxyl groups excluding tert-OH is 1. The lowest BCUT2D eigenvalue weighted by Gasteiger charge is -2.02. The van der Waals surface area contributed by atoms with Crippen molar-refractivity contribution in [2.75, 3.05) is 13.1 Å². The molecule has 1 heterocycles. The second-order valence-electron chi connectivity index (χ2n) is 2.42. The maximum atomic E-state index is 9.08. The molecule has 0 amide bonds. The molecule has 48 valence electrons. The third-order valence-corrected chi connectivity index (χ3v) is 1.88. The van der Waals surface area contributed by atoms with Gasteiger partial charge in [-0.2, -0.15) is 0 Å². The number of rotatable bonds is 0. The Morgan fingerprint density at radius 1 is 1.62 bits per heavy atom. The molecule has 1 rings (SSSR count). The number of nitrogens with zero attached hydrogens (tertiary/aromatic N) is 1. The fraction of sp³-hybridized carbons (Fsp3) is 1.00. The number of hydrogen-bond donors (Lipinski definition) is 2. The molecule has 0 radical (unpaired) electrons. The maximum Gasteiger partial charge on any atom is 0.0714 e. The van der Waals surface area contributed by atoms with Crippen molar-refractivity contribution < 1.29 is 5.11 Å². The Hall–Kier alpha value is 0.270. The van der Waals surface area contributed by atoms with Crippen LogP contribution in [0.25, 0.3) is 0 Å². The molecule has 8 heavy (non-hydrogen) atoms. The molecule has 2 nitrogen and oxygen atoms in total. The SMILES string of the molecule is CC1CN(S)CC1O. The molecule has 1 saturated heterocycles. The van der Waals surface area contributed by atoms with Gasteiger partial charge in [-0.1, -0.05) is 19.7 Å². The first-order valence-electron chi connectivity index (χ1n) is 2.82. The highest BCUT2D eigenvalue weighted by Crippen LogP contribution is 2.16. The first-order chi connectivity index (χ1) is 3.70. The molecule has 0 aromatic heterocycles. The van der Waals surface area contributed by atoms with Crippen molar-refractivity contribution in [2.24, 2.45) is 5.92 Å². The first kappa shape index (κ1) is 6.39. The number of thiol groups is 1. The van der Waals surface area contributed by atoms with Crippen molar-refractivity contribution in [3.05, 3.63) is 0 Å². The van der Waals surface area contributed by atoms with Crippen LogP contribution in [0, 0.1) is 5.92 Å². The van der Waals surface area contributed by atoms with E-state index in [2.05, 4.69) is 12.8 Å². The van der Waals surface area contributed by atoms with E-state index in [1.165, 1.54) is 0 Å². The van der Waals surface area contributed by atoms with Gasteiger partial charge in [0.25, 0.3) is 0 Å². The summed E-state index contributed by atoms with van der Waals surface area (Å²) in [5.74, 6) is 0.396. The van der Waals surface area contributed by atoms with Gasteiger partial charge < -0.3 is 5.11 Å². The molecule has 3 heteroatoms. The van der Waals surface area contributed by atoms with Crippen LogP contribution in [-0.2, 0) is 0 Å². The molecule has 1 N–H and O–H groups in total. The second kappa shape index (κ2) is 2.25. The fourth-order valence-corrected chi connectivity index (χ4v) is 1.35. The Morgan fingerprint density at radius 2 is 2.25 bits per heavy atom. The van der Waals surface area contributed by atoms with Crippen LogP contribution < -0.4 is 0 Å². The quantitative estimate of drug-likeness (QED) is 0.459. The van der Waals surface area contributed by atoms with Gasteiger partial charge in [-0.3, -0.25) is 4.31 Å². The lowest BCUT2D eigenvalue weighted by Crippen LogP contribution is -2.14. The summed E-state index contributed by atoms with van der Waals surface area (Å²) in [6.45, 7) is 3.65. The summed E-state index contributed by atoms with van der Waals surface area (Å²) in [7, 11) is 0. The normalized spacial score (nSPS) is 40.9. The molecule has 1 aliphatic heterocycles. The molecule has 0 aromatic carbocycles. The summed E-state index contributed by atoms with van der Waals surface area (Å²) in [5, 5.41) is 9.08. The predicted molar refractivity (Wildman–Crippen MR) is 35.7 cm³/mol. The van der Waals surface area contributed by atoms with Crippen molar-refractivity contribution in [1.82, 2.24) is 4.31 Å². The average molecular weight is 133 g/mol. The van der Waals surface area contributed by atoms with Crippen LogP contribution in [0.4, 0.5) is 0 Å². The zero-order valence-electron chi connectivity index (χ0n) is 4.91. The Balaban J connectivity index is 2.39. The summed E-state index contributed by atoms with van der Waals surface area (Å²) in [5.41, 5.74) is 0. The van der Waals surface area contributed by atoms with Crippen LogP contribution in [0.2, 0.25) is 0 Å². The third kappa shape index (κ3) is 1.16. The third-order valence-electron chi connectivity index (χ3n) is 1.55. The van der Waals surface area contributed by atoms with Crippen molar-refractivity contribution in [2.45, 2.75) is 13.0 Å². The minimum absolute atomic E-state index is 0.160. The fourth-order valence-electron chi connectivity index (χ4n) is 0.925. The summed E-state index contributed by atoms with van der Waals surface area (Å²) in [4.78, 5) is 0. The summed E-state index contributed by atoms with van der Waals surface area (Å²) < 4.78 is 1.84. The zero-order valence-corrected chi connectivity index (χ0v) is 5.80. The molecule has 0 spiro atoms. The van der Waals surface area contributed by atoms with Crippen molar-refractivity contribution in [3.63, 3.8) is 0 Å². The second-order valence-corrected chi connectivity index (χ2v) is 2.98. The van der Waals surface area contributed by atoms with E-state index in [0.29, 0.717) is 12.5 Å². The van der Waals surface area contributed by atoms with E-state index in [4.69, 9.17) is 5.11 Å². The van der Waals surface area contributed by atoms with E-state index >= 15 is 0 Å². The molecule has 1 fully saturated rings. The summed E-state index contributed by atoms with van der Waals surface area (Å²) >= 11 is 4.08. The molecule has 1 aliphatic rings. The smallest absolute Gasteiger partial charge is 0.0714 e. The Labute approximate surface area is 55.0 Å². The predicted octanol–water partition coefficient (Wildman–Crippen LogP) is 0.144. The monoisotopic (exact) mass is 133 g/mol. The summed E-state index contributed by atoms with van der Waals surface area (Å²) in [6, 6.07) is 0. The molecular formula is C5H11NOS. The molecule has 2 unspecified atom stereocenters. The Morgan fingerprint density at radius 3 is 2.38 bits per heavy atom. The molecule has 0 aromatic rings. The van der Waals surface area contributed by atoms with Gasteiger partial charge in [0.15, 0.2) is 0 Å². The Kier molecular flexibility index (Phi) is 1.80. The zero-order chi connectivity index (χ0) is 6.15. The van der Waals surface area contributed by atoms with Gasteiger partial charge in [-0.15, -0.1) is 0 Å². The molecule has 0 saturated carbocycles. The van der Waals surface area contributed by atoms with Crippen molar-refractivity contribution in [3.8, 4) is 0 Å². The van der Waals surface area contributed by atoms with E-state index in [0.717, 1.165) is 6.54 Å². The van der Waals surface area contributed by atoms with Gasteiger partial charge in [0.2, 0.25) is 0 Å². The van der Waals surface area contributed by atoms with Gasteiger partial charge >= 0.3 is 0 Å². The van der Waals surface area contributed by atoms with Crippen LogP contribution >= 0.6 is 12.8 Å². The van der Waals surface area contributed by atoms with Crippen LogP contribution in [0.15, 0.2) is 0 Å². The highest BCUT2D eigenvalue weighted by atomic mass is 32.1. The molecule has 2 atom stereocenters. The first-order valence-corrected chi connectivity index (χ1v) is 3.22. The van der Waals surface area contributed by atoms with Crippen molar-refractivity contribution in [1.29, 1.82) is 0 Å². The molecule has 0 bridgehead atoms. The van der Waals surface area contributed by atoms with Crippen LogP contribution in [0.1, 0.15) is 6.92 Å². The van der Waals surface area contributed by atoms with Crippen LogP contribution in [-0.4, -0.2) is 28.6 Å². The standard InChI is InChI=1S/C5H11NOS/c1-4-2-6(8)3-5(4)7/h4-5,7-8H,2-3H2,1H3. The lowest BCUT2D eigenvalue weighted by molar-refractivity contribution is 0.154. The van der Waals surface area contributed by atoms with E-state index in [9.17, 15) is 0 Å². The minimum Gasteiger partial charge on any atom is -0.391 e. The van der Waals surface area contributed by atoms with Crippen LogP contribution in [0.5, 0.6) is 0 Å². The Bertz CT molecular complexity index is 78.5. The summed E-state index contributed by atoms with van der Waals surface area (Å²) in [6.07, 6.45) is -0.160. The largest absolute Gasteiger partial charge is 0.391 e. The maximum absolute atomic E-state index is 9.08. The number of aliphatic hydroxyl groups is 1. The van der Waals surface area contributed by atoms with E-state index < -0.39 is 0 Å². The van der Waals surface area contributed by atoms with Gasteiger partial charge in [-0.25, -0.2) is 0 Å².